The summed E-state index contributed by atoms with van der Waals surface area (Å²) in [6.07, 6.45) is 5.34. The van der Waals surface area contributed by atoms with Crippen LogP contribution in [0.2, 0.25) is 0 Å². The average molecular weight is 354 g/mol. The lowest BCUT2D eigenvalue weighted by atomic mass is 9.78. The predicted molar refractivity (Wildman–Crippen MR) is 97.1 cm³/mol. The molecule has 1 aromatic heterocycles. The van der Waals surface area contributed by atoms with Gasteiger partial charge in [-0.15, -0.1) is 0 Å². The Hall–Kier alpha value is -2.69. The largest absolute Gasteiger partial charge is 0.361 e. The van der Waals surface area contributed by atoms with Crippen molar-refractivity contribution in [3.05, 3.63) is 71.4 Å². The van der Waals surface area contributed by atoms with Crippen molar-refractivity contribution in [1.29, 1.82) is 0 Å². The van der Waals surface area contributed by atoms with Crippen LogP contribution in [0.25, 0.3) is 10.9 Å². The third kappa shape index (κ3) is 2.98. The number of nitrogens with one attached hydrogen (secondary N) is 2. The Labute approximate surface area is 150 Å². The van der Waals surface area contributed by atoms with E-state index < -0.39 is 17.0 Å². The first-order chi connectivity index (χ1) is 12.6. The van der Waals surface area contributed by atoms with E-state index in [1.165, 1.54) is 12.1 Å². The van der Waals surface area contributed by atoms with Crippen LogP contribution in [0.4, 0.5) is 8.78 Å². The molecule has 1 saturated carbocycles. The molecule has 2 aromatic carbocycles. The molecule has 0 aliphatic heterocycles. The summed E-state index contributed by atoms with van der Waals surface area (Å²) in [5.41, 5.74) is 1.49. The zero-order valence-electron chi connectivity index (χ0n) is 14.3. The number of fused-ring (bicyclic) bond motifs is 1. The molecule has 1 aliphatic carbocycles. The molecule has 1 fully saturated rings. The fourth-order valence-corrected chi connectivity index (χ4v) is 4.05. The molecule has 4 rings (SSSR count). The number of aromatic nitrogens is 1. The topological polar surface area (TPSA) is 44.9 Å². The number of hydrogen-bond donors (Lipinski definition) is 2. The molecule has 0 spiro atoms. The Morgan fingerprint density at radius 1 is 1.08 bits per heavy atom. The summed E-state index contributed by atoms with van der Waals surface area (Å²) < 4.78 is 27.7. The van der Waals surface area contributed by atoms with Crippen LogP contribution in [0.3, 0.4) is 0 Å². The average Bonchev–Trinajstić information content (AvgIpc) is 3.29. The number of carbonyl (C=O) groups is 1. The summed E-state index contributed by atoms with van der Waals surface area (Å²) in [6, 6.07) is 11.2. The van der Waals surface area contributed by atoms with E-state index in [-0.39, 0.29) is 5.91 Å². The molecule has 1 amide bonds. The van der Waals surface area contributed by atoms with Gasteiger partial charge in [0.15, 0.2) is 0 Å². The lowest BCUT2D eigenvalue weighted by Gasteiger charge is -2.30. The third-order valence-corrected chi connectivity index (χ3v) is 5.47. The van der Waals surface area contributed by atoms with Crippen molar-refractivity contribution in [2.24, 2.45) is 0 Å². The first-order valence-corrected chi connectivity index (χ1v) is 8.88. The Bertz CT molecular complexity index is 958. The maximum atomic E-state index is 14.4. The zero-order chi connectivity index (χ0) is 18.1. The van der Waals surface area contributed by atoms with Gasteiger partial charge in [-0.05, 0) is 48.1 Å². The molecule has 0 saturated heterocycles. The molecule has 1 aliphatic rings. The second-order valence-electron chi connectivity index (χ2n) is 7.07. The molecule has 3 nitrogen and oxygen atoms in total. The predicted octanol–water partition coefficient (Wildman–Crippen LogP) is 4.69. The monoisotopic (exact) mass is 354 g/mol. The first-order valence-electron chi connectivity index (χ1n) is 8.88. The van der Waals surface area contributed by atoms with E-state index in [2.05, 4.69) is 10.3 Å². The minimum atomic E-state index is -0.581. The minimum Gasteiger partial charge on any atom is -0.361 e. The van der Waals surface area contributed by atoms with Crippen LogP contribution in [0.1, 0.15) is 41.6 Å². The van der Waals surface area contributed by atoms with Gasteiger partial charge in [0.1, 0.15) is 11.6 Å². The van der Waals surface area contributed by atoms with Crippen molar-refractivity contribution in [3.8, 4) is 0 Å². The number of benzene rings is 2. The van der Waals surface area contributed by atoms with Crippen molar-refractivity contribution >= 4 is 16.8 Å². The Kier molecular flexibility index (Phi) is 4.23. The molecule has 1 heterocycles. The molecular weight excluding hydrogens is 334 g/mol. The highest BCUT2D eigenvalue weighted by atomic mass is 19.1. The molecular formula is C21H20F2N2O. The fourth-order valence-electron chi connectivity index (χ4n) is 4.05. The van der Waals surface area contributed by atoms with Gasteiger partial charge in [-0.3, -0.25) is 4.79 Å². The summed E-state index contributed by atoms with van der Waals surface area (Å²) in [7, 11) is 0. The highest BCUT2D eigenvalue weighted by Crippen LogP contribution is 2.41. The van der Waals surface area contributed by atoms with Gasteiger partial charge in [0, 0.05) is 35.3 Å². The van der Waals surface area contributed by atoms with Crippen LogP contribution in [-0.4, -0.2) is 17.4 Å². The maximum absolute atomic E-state index is 14.4. The van der Waals surface area contributed by atoms with Crippen molar-refractivity contribution < 1.29 is 13.6 Å². The van der Waals surface area contributed by atoms with Gasteiger partial charge in [0.2, 0.25) is 0 Å². The zero-order valence-corrected chi connectivity index (χ0v) is 14.3. The van der Waals surface area contributed by atoms with Crippen LogP contribution in [0.15, 0.2) is 48.7 Å². The number of hydrogen-bond acceptors (Lipinski definition) is 1. The van der Waals surface area contributed by atoms with Gasteiger partial charge in [-0.25, -0.2) is 8.78 Å². The normalized spacial score (nSPS) is 16.1. The van der Waals surface area contributed by atoms with Gasteiger partial charge in [0.05, 0.1) is 0 Å². The standard InChI is InChI=1S/C21H20F2N2O/c22-16-5-6-17(18(23)12-16)21(8-1-2-9-21)13-25-20(26)15-4-3-14-7-10-24-19(14)11-15/h3-7,10-12,24H,1-2,8-9,13H2,(H,25,26). The fraction of sp³-hybridized carbons (Fsp3) is 0.286. The number of aromatic amines is 1. The highest BCUT2D eigenvalue weighted by Gasteiger charge is 2.38. The SMILES string of the molecule is O=C(NCC1(c2ccc(F)cc2F)CCCC1)c1ccc2cc[nH]c2c1. The first kappa shape index (κ1) is 16.8. The number of amides is 1. The van der Waals surface area contributed by atoms with E-state index in [4.69, 9.17) is 0 Å². The summed E-state index contributed by atoms with van der Waals surface area (Å²) >= 11 is 0. The summed E-state index contributed by atoms with van der Waals surface area (Å²) in [5, 5.41) is 4.01. The maximum Gasteiger partial charge on any atom is 0.251 e. The van der Waals surface area contributed by atoms with Crippen molar-refractivity contribution in [1.82, 2.24) is 10.3 Å². The van der Waals surface area contributed by atoms with Crippen molar-refractivity contribution in [2.45, 2.75) is 31.1 Å². The van der Waals surface area contributed by atoms with E-state index in [1.807, 2.05) is 24.4 Å². The van der Waals surface area contributed by atoms with E-state index in [1.54, 1.807) is 6.07 Å². The van der Waals surface area contributed by atoms with Gasteiger partial charge >= 0.3 is 0 Å². The lowest BCUT2D eigenvalue weighted by molar-refractivity contribution is 0.0942. The number of carbonyl (C=O) groups excluding carboxylic acids is 1. The van der Waals surface area contributed by atoms with Gasteiger partial charge in [-0.2, -0.15) is 0 Å². The summed E-state index contributed by atoms with van der Waals surface area (Å²) in [6.45, 7) is 0.344. The second-order valence-corrected chi connectivity index (χ2v) is 7.07. The molecule has 0 radical (unpaired) electrons. The van der Waals surface area contributed by atoms with Crippen molar-refractivity contribution in [3.63, 3.8) is 0 Å². The van der Waals surface area contributed by atoms with Crippen LogP contribution in [-0.2, 0) is 5.41 Å². The quantitative estimate of drug-likeness (QED) is 0.701. The molecule has 3 aromatic rings. The summed E-state index contributed by atoms with van der Waals surface area (Å²) in [5.74, 6) is -1.30. The third-order valence-electron chi connectivity index (χ3n) is 5.47. The molecule has 26 heavy (non-hydrogen) atoms. The van der Waals surface area contributed by atoms with E-state index in [9.17, 15) is 13.6 Å². The van der Waals surface area contributed by atoms with Gasteiger partial charge in [-0.1, -0.05) is 25.0 Å². The van der Waals surface area contributed by atoms with E-state index in [0.29, 0.717) is 17.7 Å². The Balaban J connectivity index is 1.56. The molecule has 0 bridgehead atoms. The lowest BCUT2D eigenvalue weighted by Crippen LogP contribution is -2.39. The number of rotatable bonds is 4. The number of H-pyrrole nitrogens is 1. The van der Waals surface area contributed by atoms with Gasteiger partial charge < -0.3 is 10.3 Å². The molecule has 5 heteroatoms. The van der Waals surface area contributed by atoms with Gasteiger partial charge in [0.25, 0.3) is 5.91 Å². The minimum absolute atomic E-state index is 0.185. The Morgan fingerprint density at radius 3 is 2.65 bits per heavy atom. The molecule has 2 N–H and O–H groups in total. The van der Waals surface area contributed by atoms with Crippen molar-refractivity contribution in [2.75, 3.05) is 6.54 Å². The highest BCUT2D eigenvalue weighted by molar-refractivity contribution is 5.97. The molecule has 0 unspecified atom stereocenters. The van der Waals surface area contributed by atoms with Crippen LogP contribution in [0.5, 0.6) is 0 Å². The van der Waals surface area contributed by atoms with Crippen LogP contribution >= 0.6 is 0 Å². The van der Waals surface area contributed by atoms with E-state index >= 15 is 0 Å². The van der Waals surface area contributed by atoms with Crippen LogP contribution in [0, 0.1) is 11.6 Å². The molecule has 134 valence electrons. The second kappa shape index (κ2) is 6.56. The van der Waals surface area contributed by atoms with Crippen LogP contribution < -0.4 is 5.32 Å². The summed E-state index contributed by atoms with van der Waals surface area (Å²) in [4.78, 5) is 15.7. The number of halogens is 2. The van der Waals surface area contributed by atoms with E-state index in [0.717, 1.165) is 42.7 Å². The molecule has 0 atom stereocenters. The Morgan fingerprint density at radius 2 is 1.88 bits per heavy atom. The smallest absolute Gasteiger partial charge is 0.251 e.